The van der Waals surface area contributed by atoms with Gasteiger partial charge in [0.1, 0.15) is 0 Å². The number of hydrogen-bond donors (Lipinski definition) is 0. The highest BCUT2D eigenvalue weighted by Crippen LogP contribution is 2.34. The second-order valence-corrected chi connectivity index (χ2v) is 6.19. The number of ether oxygens (including phenoxy) is 1. The Kier molecular flexibility index (Phi) is 5.23. The van der Waals surface area contributed by atoms with Crippen LogP contribution in [0.25, 0.3) is 0 Å². The molecule has 1 aliphatic heterocycles. The standard InChI is InChI=1S/C19H23NO3/c21-18-16-9-4-5-10-17(16)19(22)20(18)12-6-13-23-14-11-15-7-2-1-3-8-15/h1-5,7-8,16-17H,6,9-14H2/t16-,17-/m0/s1. The van der Waals surface area contributed by atoms with Gasteiger partial charge in [-0.2, -0.15) is 0 Å². The molecule has 1 fully saturated rings. The first-order valence-corrected chi connectivity index (χ1v) is 8.39. The molecule has 23 heavy (non-hydrogen) atoms. The lowest BCUT2D eigenvalue weighted by Crippen LogP contribution is -2.32. The first-order chi connectivity index (χ1) is 11.3. The van der Waals surface area contributed by atoms with Crippen LogP contribution in [0.4, 0.5) is 0 Å². The number of nitrogens with zero attached hydrogens (tertiary/aromatic N) is 1. The fourth-order valence-electron chi connectivity index (χ4n) is 3.35. The van der Waals surface area contributed by atoms with E-state index in [1.807, 2.05) is 30.4 Å². The molecule has 122 valence electrons. The molecule has 1 saturated heterocycles. The molecule has 0 spiro atoms. The maximum atomic E-state index is 12.3. The number of carbonyl (C=O) groups excluding carboxylic acids is 2. The lowest BCUT2D eigenvalue weighted by molar-refractivity contribution is -0.140. The first kappa shape index (κ1) is 15.9. The summed E-state index contributed by atoms with van der Waals surface area (Å²) in [7, 11) is 0. The third kappa shape index (κ3) is 3.70. The molecule has 4 nitrogen and oxygen atoms in total. The van der Waals surface area contributed by atoms with E-state index in [0.29, 0.717) is 39.0 Å². The third-order valence-electron chi connectivity index (χ3n) is 4.65. The van der Waals surface area contributed by atoms with Gasteiger partial charge in [-0.1, -0.05) is 42.5 Å². The van der Waals surface area contributed by atoms with E-state index >= 15 is 0 Å². The van der Waals surface area contributed by atoms with Crippen LogP contribution in [-0.4, -0.2) is 36.5 Å². The minimum atomic E-state index is -0.119. The van der Waals surface area contributed by atoms with Gasteiger partial charge in [-0.3, -0.25) is 14.5 Å². The predicted molar refractivity (Wildman–Crippen MR) is 87.7 cm³/mol. The highest BCUT2D eigenvalue weighted by molar-refractivity contribution is 6.05. The van der Waals surface area contributed by atoms with E-state index in [1.165, 1.54) is 10.5 Å². The van der Waals surface area contributed by atoms with Crippen LogP contribution >= 0.6 is 0 Å². The van der Waals surface area contributed by atoms with Gasteiger partial charge in [0, 0.05) is 13.2 Å². The molecule has 1 heterocycles. The van der Waals surface area contributed by atoms with E-state index in [4.69, 9.17) is 4.74 Å². The van der Waals surface area contributed by atoms with Crippen molar-refractivity contribution in [2.24, 2.45) is 11.8 Å². The molecule has 0 bridgehead atoms. The summed E-state index contributed by atoms with van der Waals surface area (Å²) < 4.78 is 5.62. The summed E-state index contributed by atoms with van der Waals surface area (Å²) in [5.41, 5.74) is 1.26. The number of imide groups is 1. The zero-order valence-electron chi connectivity index (χ0n) is 13.3. The average molecular weight is 313 g/mol. The van der Waals surface area contributed by atoms with E-state index in [-0.39, 0.29) is 23.7 Å². The molecule has 0 aromatic heterocycles. The Bertz CT molecular complexity index is 556. The van der Waals surface area contributed by atoms with Crippen LogP contribution in [-0.2, 0) is 20.7 Å². The van der Waals surface area contributed by atoms with Crippen molar-refractivity contribution in [1.29, 1.82) is 0 Å². The zero-order valence-corrected chi connectivity index (χ0v) is 13.3. The average Bonchev–Trinajstić information content (AvgIpc) is 2.84. The summed E-state index contributed by atoms with van der Waals surface area (Å²) in [5.74, 6) is -0.222. The summed E-state index contributed by atoms with van der Waals surface area (Å²) in [6.45, 7) is 1.73. The smallest absolute Gasteiger partial charge is 0.233 e. The number of carbonyl (C=O) groups is 2. The van der Waals surface area contributed by atoms with Crippen molar-refractivity contribution in [1.82, 2.24) is 4.90 Å². The molecule has 2 atom stereocenters. The van der Waals surface area contributed by atoms with Crippen molar-refractivity contribution in [3.8, 4) is 0 Å². The highest BCUT2D eigenvalue weighted by Gasteiger charge is 2.46. The SMILES string of the molecule is O=C1[C@H]2CC=CC[C@@H]2C(=O)N1CCCOCCc1ccccc1. The number of likely N-dealkylation sites (tertiary alicyclic amines) is 1. The van der Waals surface area contributed by atoms with Gasteiger partial charge in [0.05, 0.1) is 18.4 Å². The first-order valence-electron chi connectivity index (χ1n) is 8.39. The molecule has 0 radical (unpaired) electrons. The van der Waals surface area contributed by atoms with Gasteiger partial charge in [0.2, 0.25) is 11.8 Å². The fraction of sp³-hybridized carbons (Fsp3) is 0.474. The lowest BCUT2D eigenvalue weighted by atomic mass is 9.85. The predicted octanol–water partition coefficient (Wildman–Crippen LogP) is 2.59. The Morgan fingerprint density at radius 2 is 1.61 bits per heavy atom. The van der Waals surface area contributed by atoms with Gasteiger partial charge < -0.3 is 4.74 Å². The summed E-state index contributed by atoms with van der Waals surface area (Å²) in [6.07, 6.45) is 7.04. The van der Waals surface area contributed by atoms with Gasteiger partial charge in [-0.05, 0) is 31.2 Å². The molecule has 2 amide bonds. The molecule has 2 aliphatic rings. The number of benzene rings is 1. The maximum absolute atomic E-state index is 12.3. The molecule has 3 rings (SSSR count). The van der Waals surface area contributed by atoms with Crippen LogP contribution < -0.4 is 0 Å². The normalized spacial score (nSPS) is 23.4. The van der Waals surface area contributed by atoms with E-state index in [0.717, 1.165) is 6.42 Å². The van der Waals surface area contributed by atoms with E-state index in [2.05, 4.69) is 12.1 Å². The zero-order chi connectivity index (χ0) is 16.1. The van der Waals surface area contributed by atoms with Crippen LogP contribution in [0.5, 0.6) is 0 Å². The Morgan fingerprint density at radius 1 is 0.957 bits per heavy atom. The van der Waals surface area contributed by atoms with Crippen LogP contribution in [0, 0.1) is 11.8 Å². The molecule has 0 saturated carbocycles. The monoisotopic (exact) mass is 313 g/mol. The summed E-state index contributed by atoms with van der Waals surface area (Å²) >= 11 is 0. The summed E-state index contributed by atoms with van der Waals surface area (Å²) in [5, 5.41) is 0. The quantitative estimate of drug-likeness (QED) is 0.441. The number of rotatable bonds is 7. The maximum Gasteiger partial charge on any atom is 0.233 e. The molecule has 1 aliphatic carbocycles. The molecule has 4 heteroatoms. The lowest BCUT2D eigenvalue weighted by Gasteiger charge is -2.14. The second-order valence-electron chi connectivity index (χ2n) is 6.19. The van der Waals surface area contributed by atoms with Gasteiger partial charge in [0.25, 0.3) is 0 Å². The Balaban J connectivity index is 1.36. The molecular formula is C19H23NO3. The molecule has 1 aromatic carbocycles. The fourth-order valence-corrected chi connectivity index (χ4v) is 3.35. The van der Waals surface area contributed by atoms with Crippen LogP contribution in [0.1, 0.15) is 24.8 Å². The van der Waals surface area contributed by atoms with Gasteiger partial charge in [-0.15, -0.1) is 0 Å². The van der Waals surface area contributed by atoms with Crippen molar-refractivity contribution in [2.75, 3.05) is 19.8 Å². The van der Waals surface area contributed by atoms with Crippen molar-refractivity contribution >= 4 is 11.8 Å². The van der Waals surface area contributed by atoms with Crippen molar-refractivity contribution in [3.05, 3.63) is 48.0 Å². The summed E-state index contributed by atoms with van der Waals surface area (Å²) in [6, 6.07) is 10.2. The van der Waals surface area contributed by atoms with Crippen molar-refractivity contribution < 1.29 is 14.3 Å². The van der Waals surface area contributed by atoms with E-state index in [1.54, 1.807) is 0 Å². The van der Waals surface area contributed by atoms with Crippen LogP contribution in [0.3, 0.4) is 0 Å². The second kappa shape index (κ2) is 7.55. The van der Waals surface area contributed by atoms with Crippen molar-refractivity contribution in [2.45, 2.75) is 25.7 Å². The highest BCUT2D eigenvalue weighted by atomic mass is 16.5. The third-order valence-corrected chi connectivity index (χ3v) is 4.65. The number of allylic oxidation sites excluding steroid dienone is 2. The van der Waals surface area contributed by atoms with Gasteiger partial charge in [0.15, 0.2) is 0 Å². The minimum Gasteiger partial charge on any atom is -0.381 e. The van der Waals surface area contributed by atoms with Crippen molar-refractivity contribution in [3.63, 3.8) is 0 Å². The number of fused-ring (bicyclic) bond motifs is 1. The van der Waals surface area contributed by atoms with Gasteiger partial charge >= 0.3 is 0 Å². The topological polar surface area (TPSA) is 46.6 Å². The largest absolute Gasteiger partial charge is 0.381 e. The van der Waals surface area contributed by atoms with Gasteiger partial charge in [-0.25, -0.2) is 0 Å². The van der Waals surface area contributed by atoms with E-state index in [9.17, 15) is 9.59 Å². The molecular weight excluding hydrogens is 290 g/mol. The summed E-state index contributed by atoms with van der Waals surface area (Å²) in [4.78, 5) is 26.0. The number of amides is 2. The Morgan fingerprint density at radius 3 is 2.26 bits per heavy atom. The molecule has 0 unspecified atom stereocenters. The Labute approximate surface area is 137 Å². The molecule has 1 aromatic rings. The number of hydrogen-bond acceptors (Lipinski definition) is 3. The van der Waals surface area contributed by atoms with Crippen LogP contribution in [0.15, 0.2) is 42.5 Å². The Hall–Kier alpha value is -1.94. The van der Waals surface area contributed by atoms with Crippen LogP contribution in [0.2, 0.25) is 0 Å². The molecule has 0 N–H and O–H groups in total. The van der Waals surface area contributed by atoms with E-state index < -0.39 is 0 Å². The minimum absolute atomic E-state index is 0.00800.